The van der Waals surface area contributed by atoms with Crippen LogP contribution in [0.5, 0.6) is 0 Å². The Morgan fingerprint density at radius 2 is 2.09 bits per heavy atom. The molecule has 0 saturated carbocycles. The molecular weight excluding hydrogens is 350 g/mol. The SMILES string of the molecule is O=C1CCC(N2C(=O)c3c(Br)ncc4cccc2c34)C(=O)N1. The molecule has 1 aromatic heterocycles. The van der Waals surface area contributed by atoms with Gasteiger partial charge in [0.2, 0.25) is 11.8 Å². The van der Waals surface area contributed by atoms with Crippen molar-refractivity contribution in [1.82, 2.24) is 10.3 Å². The molecule has 22 heavy (non-hydrogen) atoms. The van der Waals surface area contributed by atoms with E-state index in [1.54, 1.807) is 6.20 Å². The second kappa shape index (κ2) is 4.61. The van der Waals surface area contributed by atoms with E-state index in [9.17, 15) is 14.4 Å². The molecule has 2 aliphatic heterocycles. The highest BCUT2D eigenvalue weighted by Gasteiger charge is 2.41. The third-order valence-electron chi connectivity index (χ3n) is 4.06. The second-order valence-corrected chi connectivity index (χ2v) is 6.06. The molecule has 1 saturated heterocycles. The van der Waals surface area contributed by atoms with Gasteiger partial charge in [-0.25, -0.2) is 4.98 Å². The zero-order valence-corrected chi connectivity index (χ0v) is 12.9. The number of carbonyl (C=O) groups excluding carboxylic acids is 3. The van der Waals surface area contributed by atoms with E-state index in [2.05, 4.69) is 26.2 Å². The average Bonchev–Trinajstić information content (AvgIpc) is 2.78. The molecule has 0 spiro atoms. The summed E-state index contributed by atoms with van der Waals surface area (Å²) in [5, 5.41) is 3.94. The molecule has 6 nitrogen and oxygen atoms in total. The van der Waals surface area contributed by atoms with Gasteiger partial charge in [0.25, 0.3) is 5.91 Å². The van der Waals surface area contributed by atoms with Crippen LogP contribution < -0.4 is 10.2 Å². The van der Waals surface area contributed by atoms with Gasteiger partial charge >= 0.3 is 0 Å². The molecule has 4 rings (SSSR count). The number of benzene rings is 1. The predicted octanol–water partition coefficient (Wildman–Crippen LogP) is 1.76. The first-order chi connectivity index (χ1) is 10.6. The molecule has 110 valence electrons. The molecule has 3 amide bonds. The number of pyridine rings is 1. The molecule has 1 unspecified atom stereocenters. The summed E-state index contributed by atoms with van der Waals surface area (Å²) in [6.07, 6.45) is 2.24. The predicted molar refractivity (Wildman–Crippen MR) is 82.4 cm³/mol. The van der Waals surface area contributed by atoms with Crippen LogP contribution in [0.4, 0.5) is 5.69 Å². The van der Waals surface area contributed by atoms with Crippen LogP contribution in [0.2, 0.25) is 0 Å². The van der Waals surface area contributed by atoms with Crippen LogP contribution in [0.1, 0.15) is 23.2 Å². The van der Waals surface area contributed by atoms with E-state index in [-0.39, 0.29) is 18.2 Å². The summed E-state index contributed by atoms with van der Waals surface area (Å²) in [5.41, 5.74) is 1.16. The Labute approximate surface area is 133 Å². The molecule has 1 N–H and O–H groups in total. The minimum atomic E-state index is -0.671. The van der Waals surface area contributed by atoms with E-state index in [0.29, 0.717) is 22.3 Å². The van der Waals surface area contributed by atoms with Crippen molar-refractivity contribution in [2.75, 3.05) is 4.90 Å². The van der Waals surface area contributed by atoms with Gasteiger partial charge in [-0.15, -0.1) is 0 Å². The number of carbonyl (C=O) groups is 3. The van der Waals surface area contributed by atoms with Crippen LogP contribution in [0.15, 0.2) is 29.0 Å². The maximum Gasteiger partial charge on any atom is 0.262 e. The summed E-state index contributed by atoms with van der Waals surface area (Å²) in [6.45, 7) is 0. The van der Waals surface area contributed by atoms with Crippen LogP contribution in [0.25, 0.3) is 10.8 Å². The third-order valence-corrected chi connectivity index (χ3v) is 4.66. The fraction of sp³-hybridized carbons (Fsp3) is 0.200. The van der Waals surface area contributed by atoms with E-state index < -0.39 is 11.9 Å². The van der Waals surface area contributed by atoms with Gasteiger partial charge < -0.3 is 0 Å². The lowest BCUT2D eigenvalue weighted by molar-refractivity contribution is -0.134. The molecule has 7 heteroatoms. The Morgan fingerprint density at radius 1 is 1.27 bits per heavy atom. The van der Waals surface area contributed by atoms with Crippen LogP contribution in [0.3, 0.4) is 0 Å². The average molecular weight is 360 g/mol. The number of nitrogens with zero attached hydrogens (tertiary/aromatic N) is 2. The van der Waals surface area contributed by atoms with Crippen molar-refractivity contribution in [1.29, 1.82) is 0 Å². The summed E-state index contributed by atoms with van der Waals surface area (Å²) >= 11 is 3.31. The number of aromatic nitrogens is 1. The summed E-state index contributed by atoms with van der Waals surface area (Å²) in [5.74, 6) is -0.995. The second-order valence-electron chi connectivity index (χ2n) is 5.31. The summed E-state index contributed by atoms with van der Waals surface area (Å²) in [7, 11) is 0. The number of amides is 3. The number of imide groups is 1. The van der Waals surface area contributed by atoms with Crippen molar-refractivity contribution in [2.24, 2.45) is 0 Å². The number of hydrogen-bond donors (Lipinski definition) is 1. The van der Waals surface area contributed by atoms with Gasteiger partial charge in [-0.3, -0.25) is 24.6 Å². The minimum absolute atomic E-state index is 0.228. The Hall–Kier alpha value is -2.28. The summed E-state index contributed by atoms with van der Waals surface area (Å²) < 4.78 is 0.465. The molecule has 2 aliphatic rings. The highest BCUT2D eigenvalue weighted by Crippen LogP contribution is 2.41. The molecule has 0 aliphatic carbocycles. The molecular formula is C15H10BrN3O3. The van der Waals surface area contributed by atoms with Gasteiger partial charge in [0.05, 0.1) is 11.3 Å². The zero-order valence-electron chi connectivity index (χ0n) is 11.3. The smallest absolute Gasteiger partial charge is 0.262 e. The van der Waals surface area contributed by atoms with Crippen molar-refractivity contribution < 1.29 is 14.4 Å². The van der Waals surface area contributed by atoms with Gasteiger partial charge in [0, 0.05) is 23.4 Å². The van der Waals surface area contributed by atoms with Crippen molar-refractivity contribution in [3.8, 4) is 0 Å². The lowest BCUT2D eigenvalue weighted by Crippen LogP contribution is -2.53. The molecule has 2 aromatic rings. The Balaban J connectivity index is 1.89. The van der Waals surface area contributed by atoms with Crippen molar-refractivity contribution >= 4 is 50.1 Å². The Kier molecular flexibility index (Phi) is 2.80. The third kappa shape index (κ3) is 1.72. The van der Waals surface area contributed by atoms with Crippen LogP contribution in [-0.2, 0) is 9.59 Å². The normalized spacial score (nSPS) is 20.7. The van der Waals surface area contributed by atoms with E-state index in [0.717, 1.165) is 10.8 Å². The zero-order chi connectivity index (χ0) is 15.4. The fourth-order valence-corrected chi connectivity index (χ4v) is 3.57. The summed E-state index contributed by atoms with van der Waals surface area (Å²) in [6, 6.07) is 4.85. The first-order valence-electron chi connectivity index (χ1n) is 6.82. The quantitative estimate of drug-likeness (QED) is 0.621. The van der Waals surface area contributed by atoms with Gasteiger partial charge in [-0.1, -0.05) is 12.1 Å². The molecule has 3 heterocycles. The molecule has 0 radical (unpaired) electrons. The fourth-order valence-electron chi connectivity index (χ4n) is 3.10. The van der Waals surface area contributed by atoms with Gasteiger partial charge in [0.1, 0.15) is 10.6 Å². The van der Waals surface area contributed by atoms with Gasteiger partial charge in [-0.05, 0) is 28.4 Å². The summed E-state index contributed by atoms with van der Waals surface area (Å²) in [4.78, 5) is 41.9. The van der Waals surface area contributed by atoms with Crippen molar-refractivity contribution in [2.45, 2.75) is 18.9 Å². The number of nitrogens with one attached hydrogen (secondary N) is 1. The topological polar surface area (TPSA) is 79.4 Å². The number of halogens is 1. The highest BCUT2D eigenvalue weighted by molar-refractivity contribution is 9.10. The lowest BCUT2D eigenvalue weighted by Gasteiger charge is -2.30. The number of piperidine rings is 1. The highest BCUT2D eigenvalue weighted by atomic mass is 79.9. The van der Waals surface area contributed by atoms with E-state index in [1.165, 1.54) is 4.90 Å². The van der Waals surface area contributed by atoms with Gasteiger partial charge in [0.15, 0.2) is 0 Å². The molecule has 1 fully saturated rings. The minimum Gasteiger partial charge on any atom is -0.295 e. The van der Waals surface area contributed by atoms with Crippen LogP contribution in [-0.4, -0.2) is 28.7 Å². The number of anilines is 1. The monoisotopic (exact) mass is 359 g/mol. The first kappa shape index (κ1) is 13.4. The van der Waals surface area contributed by atoms with Gasteiger partial charge in [-0.2, -0.15) is 0 Å². The van der Waals surface area contributed by atoms with Crippen molar-refractivity contribution in [3.05, 3.63) is 34.6 Å². The largest absolute Gasteiger partial charge is 0.295 e. The first-order valence-corrected chi connectivity index (χ1v) is 7.61. The molecule has 0 bridgehead atoms. The van der Waals surface area contributed by atoms with Crippen molar-refractivity contribution in [3.63, 3.8) is 0 Å². The molecule has 1 aromatic carbocycles. The van der Waals surface area contributed by atoms with Crippen LogP contribution >= 0.6 is 15.9 Å². The number of rotatable bonds is 1. The maximum absolute atomic E-state index is 12.8. The Morgan fingerprint density at radius 3 is 2.86 bits per heavy atom. The Bertz CT molecular complexity index is 864. The maximum atomic E-state index is 12.8. The van der Waals surface area contributed by atoms with Crippen LogP contribution in [0, 0.1) is 0 Å². The van der Waals surface area contributed by atoms with E-state index >= 15 is 0 Å². The number of hydrogen-bond acceptors (Lipinski definition) is 4. The standard InChI is InChI=1S/C15H10BrN3O3/c16-13-12-11-7(6-17-13)2-1-3-8(11)19(15(12)22)9-4-5-10(20)18-14(9)21/h1-3,6,9H,4-5H2,(H,18,20,21). The van der Waals surface area contributed by atoms with E-state index in [4.69, 9.17) is 0 Å². The lowest BCUT2D eigenvalue weighted by atomic mass is 10.0. The van der Waals surface area contributed by atoms with E-state index in [1.807, 2.05) is 18.2 Å². The molecule has 1 atom stereocenters.